The Balaban J connectivity index is 2.38. The minimum absolute atomic E-state index is 0.321. The summed E-state index contributed by atoms with van der Waals surface area (Å²) >= 11 is 1.83. The van der Waals surface area contributed by atoms with Crippen molar-refractivity contribution in [3.63, 3.8) is 0 Å². The number of rotatable bonds is 4. The molecule has 0 radical (unpaired) electrons. The van der Waals surface area contributed by atoms with E-state index >= 15 is 0 Å². The Labute approximate surface area is 108 Å². The Morgan fingerprint density at radius 2 is 2.12 bits per heavy atom. The summed E-state index contributed by atoms with van der Waals surface area (Å²) in [5.41, 5.74) is 4.13. The minimum atomic E-state index is 0.321. The fourth-order valence-corrected chi connectivity index (χ4v) is 3.18. The summed E-state index contributed by atoms with van der Waals surface area (Å²) in [4.78, 5) is 1.42. The standard InChI is InChI=1S/C15H19NS/c1-4-12-6-5-7-13(10-12)14(16-3)15-11(2)8-9-17-15/h5-10,14,16H,4H2,1-3H3. The molecule has 2 aromatic rings. The maximum absolute atomic E-state index is 3.42. The summed E-state index contributed by atoms with van der Waals surface area (Å²) < 4.78 is 0. The van der Waals surface area contributed by atoms with Gasteiger partial charge in [-0.15, -0.1) is 11.3 Å². The molecule has 0 fully saturated rings. The van der Waals surface area contributed by atoms with Crippen LogP contribution in [0.5, 0.6) is 0 Å². The molecule has 0 spiro atoms. The molecule has 1 heterocycles. The van der Waals surface area contributed by atoms with Crippen LogP contribution < -0.4 is 5.32 Å². The van der Waals surface area contributed by atoms with Gasteiger partial charge in [-0.3, -0.25) is 0 Å². The molecular formula is C15H19NS. The molecule has 1 nitrogen and oxygen atoms in total. The van der Waals surface area contributed by atoms with Gasteiger partial charge >= 0.3 is 0 Å². The van der Waals surface area contributed by atoms with Gasteiger partial charge in [-0.05, 0) is 48.5 Å². The van der Waals surface area contributed by atoms with Crippen LogP contribution in [0.3, 0.4) is 0 Å². The molecule has 0 aliphatic heterocycles. The molecular weight excluding hydrogens is 226 g/mol. The van der Waals surface area contributed by atoms with Crippen molar-refractivity contribution in [3.8, 4) is 0 Å². The monoisotopic (exact) mass is 245 g/mol. The second kappa shape index (κ2) is 5.48. The predicted octanol–water partition coefficient (Wildman–Crippen LogP) is 3.93. The first-order valence-electron chi connectivity index (χ1n) is 6.06. The lowest BCUT2D eigenvalue weighted by Crippen LogP contribution is -2.17. The highest BCUT2D eigenvalue weighted by Gasteiger charge is 2.15. The van der Waals surface area contributed by atoms with Gasteiger partial charge in [-0.1, -0.05) is 31.2 Å². The van der Waals surface area contributed by atoms with Crippen LogP contribution in [0.2, 0.25) is 0 Å². The molecule has 2 rings (SSSR count). The molecule has 1 aromatic carbocycles. The van der Waals surface area contributed by atoms with Gasteiger partial charge in [-0.25, -0.2) is 0 Å². The fraction of sp³-hybridized carbons (Fsp3) is 0.333. The number of thiophene rings is 1. The SMILES string of the molecule is CCc1cccc(C(NC)c2sccc2C)c1. The zero-order valence-corrected chi connectivity index (χ0v) is 11.5. The zero-order chi connectivity index (χ0) is 12.3. The highest BCUT2D eigenvalue weighted by molar-refractivity contribution is 7.10. The lowest BCUT2D eigenvalue weighted by Gasteiger charge is -2.17. The molecule has 1 aromatic heterocycles. The topological polar surface area (TPSA) is 12.0 Å². The van der Waals surface area contributed by atoms with Crippen LogP contribution >= 0.6 is 11.3 Å². The Bertz CT molecular complexity index is 487. The Kier molecular flexibility index (Phi) is 3.97. The third-order valence-electron chi connectivity index (χ3n) is 3.15. The van der Waals surface area contributed by atoms with E-state index < -0.39 is 0 Å². The van der Waals surface area contributed by atoms with Crippen molar-refractivity contribution in [1.82, 2.24) is 5.32 Å². The van der Waals surface area contributed by atoms with Crippen LogP contribution in [0.25, 0.3) is 0 Å². The summed E-state index contributed by atoms with van der Waals surface area (Å²) in [6, 6.07) is 11.4. The molecule has 0 aliphatic carbocycles. The lowest BCUT2D eigenvalue weighted by atomic mass is 10.00. The van der Waals surface area contributed by atoms with Crippen LogP contribution in [-0.2, 0) is 6.42 Å². The lowest BCUT2D eigenvalue weighted by molar-refractivity contribution is 0.699. The third-order valence-corrected chi connectivity index (χ3v) is 4.23. The zero-order valence-electron chi connectivity index (χ0n) is 10.7. The maximum Gasteiger partial charge on any atom is 0.0671 e. The van der Waals surface area contributed by atoms with Gasteiger partial charge in [0.05, 0.1) is 6.04 Å². The summed E-state index contributed by atoms with van der Waals surface area (Å²) in [6.07, 6.45) is 1.09. The molecule has 1 N–H and O–H groups in total. The Morgan fingerprint density at radius 3 is 2.71 bits per heavy atom. The van der Waals surface area contributed by atoms with Crippen molar-refractivity contribution in [2.24, 2.45) is 0 Å². The molecule has 0 bridgehead atoms. The van der Waals surface area contributed by atoms with Crippen LogP contribution in [-0.4, -0.2) is 7.05 Å². The Hall–Kier alpha value is -1.12. The average molecular weight is 245 g/mol. The molecule has 0 saturated carbocycles. The molecule has 0 saturated heterocycles. The maximum atomic E-state index is 3.42. The van der Waals surface area contributed by atoms with Gasteiger partial charge in [0.15, 0.2) is 0 Å². The first kappa shape index (κ1) is 12.3. The van der Waals surface area contributed by atoms with E-state index in [0.717, 1.165) is 6.42 Å². The second-order valence-electron chi connectivity index (χ2n) is 4.29. The summed E-state index contributed by atoms with van der Waals surface area (Å²) in [5, 5.41) is 5.59. The van der Waals surface area contributed by atoms with Gasteiger partial charge in [0.1, 0.15) is 0 Å². The second-order valence-corrected chi connectivity index (χ2v) is 5.24. The normalized spacial score (nSPS) is 12.6. The van der Waals surface area contributed by atoms with E-state index in [9.17, 15) is 0 Å². The number of nitrogens with one attached hydrogen (secondary N) is 1. The van der Waals surface area contributed by atoms with E-state index in [1.807, 2.05) is 18.4 Å². The van der Waals surface area contributed by atoms with E-state index in [2.05, 4.69) is 54.9 Å². The number of aryl methyl sites for hydroxylation is 2. The summed E-state index contributed by atoms with van der Waals surface area (Å²) in [5.74, 6) is 0. The van der Waals surface area contributed by atoms with Gasteiger partial charge in [0.2, 0.25) is 0 Å². The summed E-state index contributed by atoms with van der Waals surface area (Å²) in [7, 11) is 2.03. The van der Waals surface area contributed by atoms with Crippen LogP contribution in [0.4, 0.5) is 0 Å². The van der Waals surface area contributed by atoms with Gasteiger partial charge in [0, 0.05) is 4.88 Å². The molecule has 2 heteroatoms. The van der Waals surface area contributed by atoms with Crippen LogP contribution in [0, 0.1) is 6.92 Å². The first-order chi connectivity index (χ1) is 8.26. The van der Waals surface area contributed by atoms with Gasteiger partial charge < -0.3 is 5.32 Å². The number of benzene rings is 1. The van der Waals surface area contributed by atoms with Gasteiger partial charge in [-0.2, -0.15) is 0 Å². The Morgan fingerprint density at radius 1 is 1.29 bits per heavy atom. The smallest absolute Gasteiger partial charge is 0.0671 e. The molecule has 0 aliphatic rings. The quantitative estimate of drug-likeness (QED) is 0.860. The van der Waals surface area contributed by atoms with E-state index in [0.29, 0.717) is 6.04 Å². The molecule has 1 atom stereocenters. The molecule has 0 amide bonds. The highest BCUT2D eigenvalue weighted by atomic mass is 32.1. The molecule has 1 unspecified atom stereocenters. The van der Waals surface area contributed by atoms with E-state index in [1.165, 1.54) is 21.6 Å². The first-order valence-corrected chi connectivity index (χ1v) is 6.94. The van der Waals surface area contributed by atoms with Crippen LogP contribution in [0.15, 0.2) is 35.7 Å². The highest BCUT2D eigenvalue weighted by Crippen LogP contribution is 2.29. The average Bonchev–Trinajstić information content (AvgIpc) is 2.77. The van der Waals surface area contributed by atoms with Crippen molar-refractivity contribution in [2.45, 2.75) is 26.3 Å². The summed E-state index contributed by atoms with van der Waals surface area (Å²) in [6.45, 7) is 4.38. The van der Waals surface area contributed by atoms with E-state index in [-0.39, 0.29) is 0 Å². The number of hydrogen-bond acceptors (Lipinski definition) is 2. The van der Waals surface area contributed by atoms with Crippen LogP contribution in [0.1, 0.15) is 34.5 Å². The minimum Gasteiger partial charge on any atom is -0.309 e. The number of hydrogen-bond donors (Lipinski definition) is 1. The van der Waals surface area contributed by atoms with E-state index in [1.54, 1.807) is 0 Å². The fourth-order valence-electron chi connectivity index (χ4n) is 2.12. The molecule has 17 heavy (non-hydrogen) atoms. The van der Waals surface area contributed by atoms with Crippen molar-refractivity contribution in [2.75, 3.05) is 7.05 Å². The van der Waals surface area contributed by atoms with Crippen molar-refractivity contribution in [1.29, 1.82) is 0 Å². The van der Waals surface area contributed by atoms with Gasteiger partial charge in [0.25, 0.3) is 0 Å². The molecule has 90 valence electrons. The third kappa shape index (κ3) is 2.59. The largest absolute Gasteiger partial charge is 0.309 e. The van der Waals surface area contributed by atoms with Crippen molar-refractivity contribution in [3.05, 3.63) is 57.3 Å². The van der Waals surface area contributed by atoms with Crippen molar-refractivity contribution >= 4 is 11.3 Å². The predicted molar refractivity (Wildman–Crippen MR) is 75.8 cm³/mol. The van der Waals surface area contributed by atoms with E-state index in [4.69, 9.17) is 0 Å². The van der Waals surface area contributed by atoms with Crippen molar-refractivity contribution < 1.29 is 0 Å².